The molecule has 2 rings (SSSR count). The van der Waals surface area contributed by atoms with Crippen LogP contribution in [0.2, 0.25) is 0 Å². The molecule has 1 aliphatic carbocycles. The fourth-order valence-electron chi connectivity index (χ4n) is 2.39. The SMILES string of the molecule is O=[N+]([O-])c1cc(CNC2CCC(O)CC2)c(F)cc1F. The number of nitrogens with zero attached hydrogens (tertiary/aromatic N) is 1. The van der Waals surface area contributed by atoms with Gasteiger partial charge in [0, 0.05) is 30.3 Å². The van der Waals surface area contributed by atoms with Crippen molar-refractivity contribution in [2.75, 3.05) is 0 Å². The predicted octanol–water partition coefficient (Wildman–Crippen LogP) is 2.27. The van der Waals surface area contributed by atoms with Crippen molar-refractivity contribution in [1.82, 2.24) is 5.32 Å². The van der Waals surface area contributed by atoms with E-state index in [4.69, 9.17) is 0 Å². The topological polar surface area (TPSA) is 75.4 Å². The van der Waals surface area contributed by atoms with Gasteiger partial charge in [0.1, 0.15) is 5.82 Å². The number of nitrogens with one attached hydrogen (secondary N) is 1. The lowest BCUT2D eigenvalue weighted by atomic mass is 9.93. The van der Waals surface area contributed by atoms with Crippen molar-refractivity contribution >= 4 is 5.69 Å². The standard InChI is InChI=1S/C13H16F2N2O3/c14-11-6-12(15)13(17(19)20)5-8(11)7-16-9-1-3-10(18)4-2-9/h5-6,9-10,16,18H,1-4,7H2. The summed E-state index contributed by atoms with van der Waals surface area (Å²) in [5, 5.41) is 23.1. The van der Waals surface area contributed by atoms with Gasteiger partial charge in [-0.1, -0.05) is 0 Å². The third kappa shape index (κ3) is 3.49. The first-order valence-electron chi connectivity index (χ1n) is 6.51. The summed E-state index contributed by atoms with van der Waals surface area (Å²) in [6.45, 7) is 0.105. The van der Waals surface area contributed by atoms with E-state index in [0.29, 0.717) is 18.9 Å². The van der Waals surface area contributed by atoms with Crippen LogP contribution >= 0.6 is 0 Å². The largest absolute Gasteiger partial charge is 0.393 e. The van der Waals surface area contributed by atoms with Crippen LogP contribution in [0.1, 0.15) is 31.2 Å². The fraction of sp³-hybridized carbons (Fsp3) is 0.538. The van der Waals surface area contributed by atoms with Crippen molar-refractivity contribution in [1.29, 1.82) is 0 Å². The lowest BCUT2D eigenvalue weighted by Gasteiger charge is -2.26. The van der Waals surface area contributed by atoms with Gasteiger partial charge >= 0.3 is 5.69 Å². The average Bonchev–Trinajstić information content (AvgIpc) is 2.39. The third-order valence-electron chi connectivity index (χ3n) is 3.59. The molecular weight excluding hydrogens is 270 g/mol. The van der Waals surface area contributed by atoms with Gasteiger partial charge in [0.15, 0.2) is 0 Å². The number of nitro groups is 1. The Labute approximate surface area is 114 Å². The molecular formula is C13H16F2N2O3. The lowest BCUT2D eigenvalue weighted by molar-refractivity contribution is -0.387. The third-order valence-corrected chi connectivity index (χ3v) is 3.59. The number of hydrogen-bond donors (Lipinski definition) is 2. The van der Waals surface area contributed by atoms with Crippen LogP contribution < -0.4 is 5.32 Å². The molecule has 7 heteroatoms. The highest BCUT2D eigenvalue weighted by molar-refractivity contribution is 5.37. The van der Waals surface area contributed by atoms with Crippen molar-refractivity contribution in [2.45, 2.75) is 44.4 Å². The fourth-order valence-corrected chi connectivity index (χ4v) is 2.39. The lowest BCUT2D eigenvalue weighted by Crippen LogP contribution is -2.34. The Hall–Kier alpha value is -1.60. The van der Waals surface area contributed by atoms with Crippen molar-refractivity contribution < 1.29 is 18.8 Å². The summed E-state index contributed by atoms with van der Waals surface area (Å²) in [5.41, 5.74) is -0.647. The maximum absolute atomic E-state index is 13.6. The van der Waals surface area contributed by atoms with E-state index in [2.05, 4.69) is 5.32 Å². The number of aliphatic hydroxyl groups excluding tert-OH is 1. The van der Waals surface area contributed by atoms with E-state index >= 15 is 0 Å². The van der Waals surface area contributed by atoms with E-state index in [0.717, 1.165) is 18.9 Å². The second kappa shape index (κ2) is 6.23. The highest BCUT2D eigenvalue weighted by Crippen LogP contribution is 2.23. The second-order valence-electron chi connectivity index (χ2n) is 5.04. The Morgan fingerprint density at radius 1 is 1.25 bits per heavy atom. The summed E-state index contributed by atoms with van der Waals surface area (Å²) in [7, 11) is 0. The Morgan fingerprint density at radius 2 is 1.90 bits per heavy atom. The van der Waals surface area contributed by atoms with Gasteiger partial charge in [-0.25, -0.2) is 4.39 Å². The molecule has 5 nitrogen and oxygen atoms in total. The summed E-state index contributed by atoms with van der Waals surface area (Å²) in [6.07, 6.45) is 2.63. The smallest absolute Gasteiger partial charge is 0.305 e. The molecule has 0 radical (unpaired) electrons. The molecule has 110 valence electrons. The molecule has 0 bridgehead atoms. The molecule has 20 heavy (non-hydrogen) atoms. The average molecular weight is 286 g/mol. The molecule has 0 saturated heterocycles. The summed E-state index contributed by atoms with van der Waals surface area (Å²) in [4.78, 5) is 9.76. The van der Waals surface area contributed by atoms with Crippen molar-refractivity contribution in [3.8, 4) is 0 Å². The molecule has 0 aromatic heterocycles. The van der Waals surface area contributed by atoms with E-state index in [1.807, 2.05) is 0 Å². The molecule has 0 amide bonds. The zero-order valence-electron chi connectivity index (χ0n) is 10.8. The van der Waals surface area contributed by atoms with Crippen LogP contribution in [0.25, 0.3) is 0 Å². The summed E-state index contributed by atoms with van der Waals surface area (Å²) in [6, 6.07) is 1.61. The number of benzene rings is 1. The molecule has 0 heterocycles. The molecule has 1 fully saturated rings. The van der Waals surface area contributed by atoms with E-state index in [-0.39, 0.29) is 24.3 Å². The molecule has 1 saturated carbocycles. The van der Waals surface area contributed by atoms with Crippen LogP contribution in [0.3, 0.4) is 0 Å². The van der Waals surface area contributed by atoms with Gasteiger partial charge in [0.05, 0.1) is 11.0 Å². The number of aliphatic hydroxyl groups is 1. The molecule has 0 unspecified atom stereocenters. The normalized spacial score (nSPS) is 22.8. The van der Waals surface area contributed by atoms with Gasteiger partial charge in [-0.05, 0) is 25.7 Å². The minimum Gasteiger partial charge on any atom is -0.393 e. The van der Waals surface area contributed by atoms with Crippen molar-refractivity contribution in [2.24, 2.45) is 0 Å². The number of halogens is 2. The quantitative estimate of drug-likeness (QED) is 0.657. The number of hydrogen-bond acceptors (Lipinski definition) is 4. The molecule has 2 N–H and O–H groups in total. The van der Waals surface area contributed by atoms with Gasteiger partial charge in [0.25, 0.3) is 0 Å². The zero-order chi connectivity index (χ0) is 14.7. The van der Waals surface area contributed by atoms with E-state index in [9.17, 15) is 24.0 Å². The van der Waals surface area contributed by atoms with Crippen LogP contribution in [0.4, 0.5) is 14.5 Å². The Morgan fingerprint density at radius 3 is 2.50 bits per heavy atom. The van der Waals surface area contributed by atoms with Crippen molar-refractivity contribution in [3.05, 3.63) is 39.4 Å². The first kappa shape index (κ1) is 14.8. The first-order chi connectivity index (χ1) is 9.47. The van der Waals surface area contributed by atoms with Crippen LogP contribution in [-0.2, 0) is 6.54 Å². The molecule has 1 aromatic rings. The second-order valence-corrected chi connectivity index (χ2v) is 5.04. The summed E-state index contributed by atoms with van der Waals surface area (Å²) in [5.74, 6) is -1.96. The van der Waals surface area contributed by atoms with Gasteiger partial charge in [0.2, 0.25) is 5.82 Å². The molecule has 1 aliphatic rings. The highest BCUT2D eigenvalue weighted by Gasteiger charge is 2.21. The van der Waals surface area contributed by atoms with E-state index in [1.54, 1.807) is 0 Å². The van der Waals surface area contributed by atoms with Gasteiger partial charge in [-0.3, -0.25) is 10.1 Å². The van der Waals surface area contributed by atoms with Crippen LogP contribution in [0.5, 0.6) is 0 Å². The Kier molecular flexibility index (Phi) is 4.61. The molecule has 0 atom stereocenters. The van der Waals surface area contributed by atoms with Crippen LogP contribution in [-0.4, -0.2) is 22.2 Å². The van der Waals surface area contributed by atoms with Gasteiger partial charge in [-0.2, -0.15) is 4.39 Å². The van der Waals surface area contributed by atoms with Crippen molar-refractivity contribution in [3.63, 3.8) is 0 Å². The molecule has 1 aromatic carbocycles. The van der Waals surface area contributed by atoms with Gasteiger partial charge < -0.3 is 10.4 Å². The minimum absolute atomic E-state index is 0.0734. The number of rotatable bonds is 4. The maximum atomic E-state index is 13.6. The van der Waals surface area contributed by atoms with Gasteiger partial charge in [-0.15, -0.1) is 0 Å². The Bertz CT molecular complexity index is 503. The van der Waals surface area contributed by atoms with Crippen LogP contribution in [0.15, 0.2) is 12.1 Å². The Balaban J connectivity index is 2.02. The molecule has 0 spiro atoms. The first-order valence-corrected chi connectivity index (χ1v) is 6.51. The van der Waals surface area contributed by atoms with E-state index in [1.165, 1.54) is 0 Å². The zero-order valence-corrected chi connectivity index (χ0v) is 10.8. The number of nitro benzene ring substituents is 1. The van der Waals surface area contributed by atoms with Crippen LogP contribution in [0, 0.1) is 21.7 Å². The minimum atomic E-state index is -1.17. The van der Waals surface area contributed by atoms with E-state index < -0.39 is 22.2 Å². The maximum Gasteiger partial charge on any atom is 0.305 e. The predicted molar refractivity (Wildman–Crippen MR) is 68.1 cm³/mol. The summed E-state index contributed by atoms with van der Waals surface area (Å²) >= 11 is 0. The molecule has 0 aliphatic heterocycles. The summed E-state index contributed by atoms with van der Waals surface area (Å²) < 4.78 is 26.8. The highest BCUT2D eigenvalue weighted by atomic mass is 19.1. The monoisotopic (exact) mass is 286 g/mol.